The molecule has 0 aliphatic rings. The zero-order chi connectivity index (χ0) is 18.0. The van der Waals surface area contributed by atoms with Gasteiger partial charge in [-0.15, -0.1) is 11.3 Å². The van der Waals surface area contributed by atoms with Crippen LogP contribution in [-0.4, -0.2) is 24.2 Å². The fourth-order valence-electron chi connectivity index (χ4n) is 2.19. The van der Waals surface area contributed by atoms with Crippen LogP contribution in [0.3, 0.4) is 0 Å². The summed E-state index contributed by atoms with van der Waals surface area (Å²) in [5, 5.41) is 3.35. The van der Waals surface area contributed by atoms with Gasteiger partial charge in [-0.05, 0) is 24.3 Å². The quantitative estimate of drug-likeness (QED) is 0.574. The summed E-state index contributed by atoms with van der Waals surface area (Å²) in [4.78, 5) is 29.2. The molecule has 0 atom stereocenters. The second kappa shape index (κ2) is 7.35. The number of thiazole rings is 1. The van der Waals surface area contributed by atoms with Crippen molar-refractivity contribution in [3.8, 4) is 11.3 Å². The maximum Gasteiger partial charge on any atom is 0.259 e. The normalized spacial score (nSPS) is 10.5. The van der Waals surface area contributed by atoms with E-state index in [-0.39, 0.29) is 5.91 Å². The first-order valence-corrected chi connectivity index (χ1v) is 8.87. The molecule has 0 aliphatic heterocycles. The number of aldehydes is 1. The Morgan fingerprint density at radius 3 is 2.48 bits per heavy atom. The first-order chi connectivity index (χ1) is 12.0. The zero-order valence-corrected chi connectivity index (χ0v) is 15.4. The summed E-state index contributed by atoms with van der Waals surface area (Å²) in [5.41, 5.74) is 2.55. The smallest absolute Gasteiger partial charge is 0.259 e. The summed E-state index contributed by atoms with van der Waals surface area (Å²) in [6.45, 7) is 0. The second-order valence-electron chi connectivity index (χ2n) is 5.25. The van der Waals surface area contributed by atoms with Crippen molar-refractivity contribution in [2.24, 2.45) is 0 Å². The SMILES string of the molecule is CN(C(=O)c1ccc(C=O)cc1)c1nc(-c2ccc(Cl)c(Cl)c2)cs1. The van der Waals surface area contributed by atoms with E-state index in [9.17, 15) is 9.59 Å². The molecule has 0 radical (unpaired) electrons. The molecule has 3 aromatic rings. The van der Waals surface area contributed by atoms with Gasteiger partial charge in [-0.1, -0.05) is 41.4 Å². The highest BCUT2D eigenvalue weighted by Gasteiger charge is 2.17. The van der Waals surface area contributed by atoms with Crippen LogP contribution in [0.15, 0.2) is 47.8 Å². The minimum atomic E-state index is -0.201. The number of aromatic nitrogens is 1. The van der Waals surface area contributed by atoms with Gasteiger partial charge >= 0.3 is 0 Å². The number of nitrogens with zero attached hydrogens (tertiary/aromatic N) is 2. The summed E-state index contributed by atoms with van der Waals surface area (Å²) in [6, 6.07) is 11.7. The van der Waals surface area contributed by atoms with E-state index in [0.717, 1.165) is 17.5 Å². The number of carbonyl (C=O) groups is 2. The van der Waals surface area contributed by atoms with E-state index in [1.165, 1.54) is 16.2 Å². The maximum absolute atomic E-state index is 12.6. The summed E-state index contributed by atoms with van der Waals surface area (Å²) in [5.74, 6) is -0.201. The summed E-state index contributed by atoms with van der Waals surface area (Å²) in [7, 11) is 1.66. The van der Waals surface area contributed by atoms with Crippen molar-refractivity contribution < 1.29 is 9.59 Å². The number of carbonyl (C=O) groups excluding carboxylic acids is 2. The molecule has 0 fully saturated rings. The number of halogens is 2. The molecule has 1 heterocycles. The van der Waals surface area contributed by atoms with Gasteiger partial charge in [0.25, 0.3) is 5.91 Å². The molecule has 0 spiro atoms. The van der Waals surface area contributed by atoms with Gasteiger partial charge in [-0.3, -0.25) is 14.5 Å². The van der Waals surface area contributed by atoms with Crippen molar-refractivity contribution in [2.45, 2.75) is 0 Å². The Kier molecular flexibility index (Phi) is 5.18. The number of anilines is 1. The molecular weight excluding hydrogens is 379 g/mol. The molecule has 3 rings (SSSR count). The lowest BCUT2D eigenvalue weighted by molar-refractivity contribution is 0.0992. The van der Waals surface area contributed by atoms with Crippen molar-refractivity contribution in [3.05, 3.63) is 69.0 Å². The van der Waals surface area contributed by atoms with Crippen LogP contribution in [0, 0.1) is 0 Å². The minimum Gasteiger partial charge on any atom is -0.298 e. The van der Waals surface area contributed by atoms with E-state index in [4.69, 9.17) is 23.2 Å². The summed E-state index contributed by atoms with van der Waals surface area (Å²) in [6.07, 6.45) is 0.738. The van der Waals surface area contributed by atoms with Gasteiger partial charge < -0.3 is 0 Å². The molecule has 126 valence electrons. The molecule has 0 bridgehead atoms. The molecule has 25 heavy (non-hydrogen) atoms. The highest BCUT2D eigenvalue weighted by molar-refractivity contribution is 7.14. The van der Waals surface area contributed by atoms with Gasteiger partial charge in [0.15, 0.2) is 5.13 Å². The highest BCUT2D eigenvalue weighted by atomic mass is 35.5. The molecular formula is C18H12Cl2N2O2S. The van der Waals surface area contributed by atoms with Crippen LogP contribution in [0.5, 0.6) is 0 Å². The average Bonchev–Trinajstić information content (AvgIpc) is 3.13. The first kappa shape index (κ1) is 17.6. The van der Waals surface area contributed by atoms with Gasteiger partial charge in [0, 0.05) is 29.1 Å². The van der Waals surface area contributed by atoms with Gasteiger partial charge in [0.1, 0.15) is 6.29 Å². The lowest BCUT2D eigenvalue weighted by atomic mass is 10.1. The molecule has 0 N–H and O–H groups in total. The van der Waals surface area contributed by atoms with Crippen LogP contribution in [0.1, 0.15) is 20.7 Å². The lowest BCUT2D eigenvalue weighted by Gasteiger charge is -2.13. The van der Waals surface area contributed by atoms with Crippen molar-refractivity contribution in [1.82, 2.24) is 4.98 Å². The third kappa shape index (κ3) is 3.74. The Bertz CT molecular complexity index is 939. The number of hydrogen-bond acceptors (Lipinski definition) is 4. The third-order valence-corrected chi connectivity index (χ3v) is 5.25. The maximum atomic E-state index is 12.6. The Balaban J connectivity index is 1.83. The Morgan fingerprint density at radius 1 is 1.12 bits per heavy atom. The molecule has 7 heteroatoms. The predicted molar refractivity (Wildman–Crippen MR) is 102 cm³/mol. The monoisotopic (exact) mass is 390 g/mol. The highest BCUT2D eigenvalue weighted by Crippen LogP contribution is 2.31. The number of rotatable bonds is 4. The van der Waals surface area contributed by atoms with Gasteiger partial charge in [0.05, 0.1) is 15.7 Å². The third-order valence-electron chi connectivity index (χ3n) is 3.59. The fourth-order valence-corrected chi connectivity index (χ4v) is 3.29. The largest absolute Gasteiger partial charge is 0.298 e. The fraction of sp³-hybridized carbons (Fsp3) is 0.0556. The molecule has 1 aromatic heterocycles. The van der Waals surface area contributed by atoms with Gasteiger partial charge in [0.2, 0.25) is 0 Å². The summed E-state index contributed by atoms with van der Waals surface area (Å²) >= 11 is 13.3. The Hall–Kier alpha value is -2.21. The molecule has 4 nitrogen and oxygen atoms in total. The van der Waals surface area contributed by atoms with Gasteiger partial charge in [-0.2, -0.15) is 0 Å². The van der Waals surface area contributed by atoms with E-state index >= 15 is 0 Å². The van der Waals surface area contributed by atoms with Crippen LogP contribution in [0.2, 0.25) is 10.0 Å². The summed E-state index contributed by atoms with van der Waals surface area (Å²) < 4.78 is 0. The number of benzene rings is 2. The molecule has 0 unspecified atom stereocenters. The molecule has 2 aromatic carbocycles. The topological polar surface area (TPSA) is 50.3 Å². The van der Waals surface area contributed by atoms with Gasteiger partial charge in [-0.25, -0.2) is 4.98 Å². The molecule has 0 aliphatic carbocycles. The molecule has 0 saturated carbocycles. The van der Waals surface area contributed by atoms with E-state index in [1.807, 2.05) is 11.4 Å². The van der Waals surface area contributed by atoms with Crippen molar-refractivity contribution in [2.75, 3.05) is 11.9 Å². The molecule has 0 saturated heterocycles. The lowest BCUT2D eigenvalue weighted by Crippen LogP contribution is -2.26. The van der Waals surface area contributed by atoms with Crippen LogP contribution < -0.4 is 4.90 Å². The molecule has 1 amide bonds. The van der Waals surface area contributed by atoms with Crippen LogP contribution >= 0.6 is 34.5 Å². The zero-order valence-electron chi connectivity index (χ0n) is 13.1. The van der Waals surface area contributed by atoms with E-state index in [1.54, 1.807) is 43.4 Å². The minimum absolute atomic E-state index is 0.201. The van der Waals surface area contributed by atoms with Crippen LogP contribution in [0.4, 0.5) is 5.13 Å². The Labute approximate surface area is 158 Å². The standard InChI is InChI=1S/C18H12Cl2N2O2S/c1-22(17(24)12-4-2-11(9-23)3-5-12)18-21-16(10-25-18)13-6-7-14(19)15(20)8-13/h2-10H,1H3. The van der Waals surface area contributed by atoms with Crippen molar-refractivity contribution in [3.63, 3.8) is 0 Å². The Morgan fingerprint density at radius 2 is 1.84 bits per heavy atom. The van der Waals surface area contributed by atoms with Crippen LogP contribution in [-0.2, 0) is 0 Å². The van der Waals surface area contributed by atoms with Crippen LogP contribution in [0.25, 0.3) is 11.3 Å². The van der Waals surface area contributed by atoms with E-state index in [2.05, 4.69) is 4.98 Å². The van der Waals surface area contributed by atoms with E-state index < -0.39 is 0 Å². The number of hydrogen-bond donors (Lipinski definition) is 0. The first-order valence-electron chi connectivity index (χ1n) is 7.24. The van der Waals surface area contributed by atoms with Crippen molar-refractivity contribution >= 4 is 51.9 Å². The van der Waals surface area contributed by atoms with E-state index in [0.29, 0.717) is 26.3 Å². The predicted octanol–water partition coefficient (Wildman–Crippen LogP) is 5.21. The average molecular weight is 391 g/mol. The number of amides is 1. The second-order valence-corrected chi connectivity index (χ2v) is 6.90. The van der Waals surface area contributed by atoms with Crippen molar-refractivity contribution in [1.29, 1.82) is 0 Å².